The molecule has 0 saturated heterocycles. The SMILES string of the molecule is Cc1ccc(NC(=O)CCC(=O)OCc2ccc(Cl)cc2)c([N+](=O)[O-])c1. The lowest BCUT2D eigenvalue weighted by Crippen LogP contribution is -2.15. The molecule has 0 fully saturated rings. The van der Waals surface area contributed by atoms with E-state index in [1.165, 1.54) is 12.1 Å². The standard InChI is InChI=1S/C18H17ClN2O5/c1-12-2-7-15(16(10-12)21(24)25)20-17(22)8-9-18(23)26-11-13-3-5-14(19)6-4-13/h2-7,10H,8-9,11H2,1H3,(H,20,22). The van der Waals surface area contributed by atoms with Gasteiger partial charge in [0.1, 0.15) is 12.3 Å². The van der Waals surface area contributed by atoms with Crippen LogP contribution < -0.4 is 5.32 Å². The molecule has 0 bridgehead atoms. The Bertz CT molecular complexity index is 821. The maximum Gasteiger partial charge on any atom is 0.306 e. The van der Waals surface area contributed by atoms with E-state index in [9.17, 15) is 19.7 Å². The Kier molecular flexibility index (Phi) is 6.68. The molecule has 0 spiro atoms. The Hall–Kier alpha value is -2.93. The summed E-state index contributed by atoms with van der Waals surface area (Å²) in [5.74, 6) is -1.03. The zero-order chi connectivity index (χ0) is 19.1. The summed E-state index contributed by atoms with van der Waals surface area (Å²) >= 11 is 5.77. The van der Waals surface area contributed by atoms with Gasteiger partial charge >= 0.3 is 5.97 Å². The van der Waals surface area contributed by atoms with Crippen LogP contribution in [-0.4, -0.2) is 16.8 Å². The predicted octanol–water partition coefficient (Wildman–Crippen LogP) is 4.02. The minimum absolute atomic E-state index is 0.0844. The van der Waals surface area contributed by atoms with Crippen LogP contribution in [0.5, 0.6) is 0 Å². The van der Waals surface area contributed by atoms with Crippen LogP contribution in [0.25, 0.3) is 0 Å². The zero-order valence-corrected chi connectivity index (χ0v) is 14.8. The highest BCUT2D eigenvalue weighted by Gasteiger charge is 2.16. The summed E-state index contributed by atoms with van der Waals surface area (Å²) in [7, 11) is 0. The van der Waals surface area contributed by atoms with Gasteiger partial charge in [0.25, 0.3) is 5.69 Å². The largest absolute Gasteiger partial charge is 0.461 e. The Labute approximate surface area is 155 Å². The lowest BCUT2D eigenvalue weighted by atomic mass is 10.2. The Morgan fingerprint density at radius 1 is 1.15 bits per heavy atom. The number of ether oxygens (including phenoxy) is 1. The first-order valence-electron chi connectivity index (χ1n) is 7.80. The van der Waals surface area contributed by atoms with E-state index in [-0.39, 0.29) is 30.8 Å². The molecule has 0 aliphatic heterocycles. The number of nitro groups is 1. The number of hydrogen-bond acceptors (Lipinski definition) is 5. The van der Waals surface area contributed by atoms with E-state index >= 15 is 0 Å². The number of rotatable bonds is 7. The summed E-state index contributed by atoms with van der Waals surface area (Å²) in [6, 6.07) is 11.3. The van der Waals surface area contributed by atoms with E-state index in [0.717, 1.165) is 5.56 Å². The first kappa shape index (κ1) is 19.4. The van der Waals surface area contributed by atoms with Crippen molar-refractivity contribution in [3.8, 4) is 0 Å². The number of carbonyl (C=O) groups excluding carboxylic acids is 2. The van der Waals surface area contributed by atoms with Crippen LogP contribution in [0.4, 0.5) is 11.4 Å². The smallest absolute Gasteiger partial charge is 0.306 e. The number of nitrogens with one attached hydrogen (secondary N) is 1. The van der Waals surface area contributed by atoms with Gasteiger partial charge in [-0.05, 0) is 36.2 Å². The topological polar surface area (TPSA) is 98.5 Å². The molecule has 0 heterocycles. The van der Waals surface area contributed by atoms with Crippen LogP contribution >= 0.6 is 11.6 Å². The molecule has 1 amide bonds. The van der Waals surface area contributed by atoms with Crippen molar-refractivity contribution in [3.05, 3.63) is 68.7 Å². The molecule has 2 aromatic carbocycles. The molecule has 8 heteroatoms. The lowest BCUT2D eigenvalue weighted by molar-refractivity contribution is -0.384. The highest BCUT2D eigenvalue weighted by Crippen LogP contribution is 2.25. The lowest BCUT2D eigenvalue weighted by Gasteiger charge is -2.07. The minimum atomic E-state index is -0.566. The maximum atomic E-state index is 11.9. The third kappa shape index (κ3) is 5.86. The van der Waals surface area contributed by atoms with Crippen LogP contribution in [0.3, 0.4) is 0 Å². The number of aryl methyl sites for hydroxylation is 1. The number of carbonyl (C=O) groups is 2. The number of nitrogens with zero attached hydrogens (tertiary/aromatic N) is 1. The quantitative estimate of drug-likeness (QED) is 0.447. The fourth-order valence-electron chi connectivity index (χ4n) is 2.14. The second-order valence-corrected chi connectivity index (χ2v) is 6.05. The predicted molar refractivity (Wildman–Crippen MR) is 96.9 cm³/mol. The highest BCUT2D eigenvalue weighted by atomic mass is 35.5. The molecule has 1 N–H and O–H groups in total. The average molecular weight is 377 g/mol. The first-order valence-corrected chi connectivity index (χ1v) is 8.18. The molecular weight excluding hydrogens is 360 g/mol. The van der Waals surface area contributed by atoms with E-state index in [4.69, 9.17) is 16.3 Å². The van der Waals surface area contributed by atoms with E-state index in [2.05, 4.69) is 5.32 Å². The summed E-state index contributed by atoms with van der Waals surface area (Å²) in [6.07, 6.45) is -0.260. The molecule has 2 rings (SSSR count). The number of benzene rings is 2. The molecule has 7 nitrogen and oxygen atoms in total. The molecule has 0 aliphatic carbocycles. The third-order valence-electron chi connectivity index (χ3n) is 3.49. The normalized spacial score (nSPS) is 10.2. The van der Waals surface area contributed by atoms with Crippen molar-refractivity contribution in [2.75, 3.05) is 5.32 Å². The number of nitro benzene ring substituents is 1. The zero-order valence-electron chi connectivity index (χ0n) is 14.0. The summed E-state index contributed by atoms with van der Waals surface area (Å²) in [4.78, 5) is 34.1. The summed E-state index contributed by atoms with van der Waals surface area (Å²) < 4.78 is 5.08. The van der Waals surface area contributed by atoms with Crippen molar-refractivity contribution in [3.63, 3.8) is 0 Å². The molecule has 0 atom stereocenters. The summed E-state index contributed by atoms with van der Waals surface area (Å²) in [5.41, 5.74) is 1.40. The second kappa shape index (κ2) is 8.96. The van der Waals surface area contributed by atoms with Crippen molar-refractivity contribution in [1.29, 1.82) is 0 Å². The molecule has 0 radical (unpaired) electrons. The molecule has 136 valence electrons. The molecule has 0 aromatic heterocycles. The average Bonchev–Trinajstić information content (AvgIpc) is 2.61. The van der Waals surface area contributed by atoms with Crippen molar-refractivity contribution in [2.45, 2.75) is 26.4 Å². The monoisotopic (exact) mass is 376 g/mol. The number of hydrogen-bond donors (Lipinski definition) is 1. The number of amides is 1. The summed E-state index contributed by atoms with van der Waals surface area (Å²) in [6.45, 7) is 1.80. The number of esters is 1. The second-order valence-electron chi connectivity index (χ2n) is 5.61. The van der Waals surface area contributed by atoms with Crippen LogP contribution in [0.15, 0.2) is 42.5 Å². The number of anilines is 1. The van der Waals surface area contributed by atoms with Crippen LogP contribution in [-0.2, 0) is 20.9 Å². The van der Waals surface area contributed by atoms with Gasteiger partial charge in [0.15, 0.2) is 0 Å². The molecule has 26 heavy (non-hydrogen) atoms. The highest BCUT2D eigenvalue weighted by molar-refractivity contribution is 6.30. The van der Waals surface area contributed by atoms with E-state index in [0.29, 0.717) is 10.6 Å². The Morgan fingerprint density at radius 3 is 2.50 bits per heavy atom. The van der Waals surface area contributed by atoms with Crippen molar-refractivity contribution < 1.29 is 19.2 Å². The molecule has 0 unspecified atom stereocenters. The number of halogens is 1. The first-order chi connectivity index (χ1) is 12.3. The van der Waals surface area contributed by atoms with Crippen molar-refractivity contribution in [1.82, 2.24) is 0 Å². The van der Waals surface area contributed by atoms with Gasteiger partial charge in [0.05, 0.1) is 11.3 Å². The van der Waals surface area contributed by atoms with Gasteiger partial charge in [0.2, 0.25) is 5.91 Å². The minimum Gasteiger partial charge on any atom is -0.461 e. The van der Waals surface area contributed by atoms with Crippen LogP contribution in [0.2, 0.25) is 5.02 Å². The maximum absolute atomic E-state index is 11.9. The van der Waals surface area contributed by atoms with Crippen LogP contribution in [0, 0.1) is 17.0 Å². The van der Waals surface area contributed by atoms with Crippen LogP contribution in [0.1, 0.15) is 24.0 Å². The van der Waals surface area contributed by atoms with E-state index < -0.39 is 16.8 Å². The Balaban J connectivity index is 1.82. The van der Waals surface area contributed by atoms with E-state index in [1.807, 2.05) is 0 Å². The van der Waals surface area contributed by atoms with Gasteiger partial charge in [-0.3, -0.25) is 19.7 Å². The van der Waals surface area contributed by atoms with Gasteiger partial charge in [0, 0.05) is 17.5 Å². The van der Waals surface area contributed by atoms with Gasteiger partial charge in [-0.1, -0.05) is 29.8 Å². The molecule has 0 aliphatic rings. The van der Waals surface area contributed by atoms with Crippen molar-refractivity contribution in [2.24, 2.45) is 0 Å². The molecular formula is C18H17ClN2O5. The Morgan fingerprint density at radius 2 is 1.85 bits per heavy atom. The summed E-state index contributed by atoms with van der Waals surface area (Å²) in [5, 5.41) is 14.1. The molecule has 0 saturated carbocycles. The van der Waals surface area contributed by atoms with Gasteiger partial charge in [-0.2, -0.15) is 0 Å². The fourth-order valence-corrected chi connectivity index (χ4v) is 2.27. The van der Waals surface area contributed by atoms with Gasteiger partial charge < -0.3 is 10.1 Å². The van der Waals surface area contributed by atoms with Gasteiger partial charge in [-0.25, -0.2) is 0 Å². The molecule has 2 aromatic rings. The van der Waals surface area contributed by atoms with Crippen molar-refractivity contribution >= 4 is 34.9 Å². The fraction of sp³-hybridized carbons (Fsp3) is 0.222. The third-order valence-corrected chi connectivity index (χ3v) is 3.75. The van der Waals surface area contributed by atoms with E-state index in [1.54, 1.807) is 37.3 Å². The van der Waals surface area contributed by atoms with Gasteiger partial charge in [-0.15, -0.1) is 0 Å².